The largest absolute Gasteiger partial charge is 0.0847 e. The molecule has 0 heteroatoms. The van der Waals surface area contributed by atoms with E-state index in [-0.39, 0.29) is 0 Å². The first-order valence-corrected chi connectivity index (χ1v) is 7.32. The number of hydrogen-bond donors (Lipinski definition) is 0. The highest BCUT2D eigenvalue weighted by Gasteiger charge is 2.34. The normalized spacial score (nSPS) is 24.5. The molecule has 0 nitrogen and oxygen atoms in total. The third-order valence-corrected chi connectivity index (χ3v) is 4.53. The first-order valence-electron chi connectivity index (χ1n) is 7.32. The summed E-state index contributed by atoms with van der Waals surface area (Å²) in [4.78, 5) is 0. The van der Waals surface area contributed by atoms with Gasteiger partial charge in [0.15, 0.2) is 0 Å². The Hall–Kier alpha value is -0.780. The molecule has 0 radical (unpaired) electrons. The molecule has 0 bridgehead atoms. The maximum atomic E-state index is 2.56. The zero-order chi connectivity index (χ0) is 12.1. The van der Waals surface area contributed by atoms with Gasteiger partial charge in [0.2, 0.25) is 0 Å². The van der Waals surface area contributed by atoms with Crippen molar-refractivity contribution in [3.8, 4) is 0 Å². The Labute approximate surface area is 106 Å². The van der Waals surface area contributed by atoms with Crippen LogP contribution < -0.4 is 0 Å². The number of allylic oxidation sites excluding steroid dienone is 6. The highest BCUT2D eigenvalue weighted by atomic mass is 14.4. The smallest absolute Gasteiger partial charge is 0.00439 e. The highest BCUT2D eigenvalue weighted by Crippen LogP contribution is 2.45. The molecule has 0 aromatic carbocycles. The summed E-state index contributed by atoms with van der Waals surface area (Å²) in [6.45, 7) is 4.80. The van der Waals surface area contributed by atoms with Gasteiger partial charge in [0.25, 0.3) is 0 Å². The molecule has 17 heavy (non-hydrogen) atoms. The first kappa shape index (κ1) is 12.7. The minimum Gasteiger partial charge on any atom is -0.0847 e. The molecule has 2 aliphatic rings. The van der Waals surface area contributed by atoms with Crippen molar-refractivity contribution >= 4 is 0 Å². The van der Waals surface area contributed by atoms with Crippen LogP contribution in [0, 0.1) is 11.3 Å². The van der Waals surface area contributed by atoms with Gasteiger partial charge < -0.3 is 0 Å². The van der Waals surface area contributed by atoms with Gasteiger partial charge in [0, 0.05) is 5.92 Å². The summed E-state index contributed by atoms with van der Waals surface area (Å²) in [5, 5.41) is 0. The second kappa shape index (κ2) is 5.71. The van der Waals surface area contributed by atoms with Crippen LogP contribution in [-0.2, 0) is 0 Å². The number of hydrogen-bond acceptors (Lipinski definition) is 0. The predicted molar refractivity (Wildman–Crippen MR) is 76.0 cm³/mol. The molecule has 0 aromatic rings. The Morgan fingerprint density at radius 1 is 1.18 bits per heavy atom. The maximum Gasteiger partial charge on any atom is 0.00439 e. The zero-order valence-corrected chi connectivity index (χ0v) is 11.4. The molecule has 0 spiro atoms. The standard InChI is InChI=1S/C17H26/c1-3-14-17(2,16-12-8-9-13-16)15-10-6-4-5-7-11-15/h8-10,12-13,16H,3-7,11,14H2,1-2H3. The summed E-state index contributed by atoms with van der Waals surface area (Å²) < 4.78 is 0. The molecule has 0 saturated heterocycles. The van der Waals surface area contributed by atoms with Crippen LogP contribution in [0.1, 0.15) is 58.8 Å². The second-order valence-corrected chi connectivity index (χ2v) is 5.79. The fourth-order valence-electron chi connectivity index (χ4n) is 3.45. The van der Waals surface area contributed by atoms with E-state index in [4.69, 9.17) is 0 Å². The van der Waals surface area contributed by atoms with Crippen LogP contribution in [0.2, 0.25) is 0 Å². The van der Waals surface area contributed by atoms with E-state index in [0.717, 1.165) is 0 Å². The van der Waals surface area contributed by atoms with E-state index >= 15 is 0 Å². The van der Waals surface area contributed by atoms with E-state index < -0.39 is 0 Å². The number of rotatable bonds is 4. The Kier molecular flexibility index (Phi) is 4.25. The van der Waals surface area contributed by atoms with Crippen molar-refractivity contribution in [2.75, 3.05) is 0 Å². The topological polar surface area (TPSA) is 0 Å². The molecule has 0 heterocycles. The molecule has 0 N–H and O–H groups in total. The van der Waals surface area contributed by atoms with Crippen LogP contribution in [0.25, 0.3) is 0 Å². The van der Waals surface area contributed by atoms with Crippen LogP contribution in [0.3, 0.4) is 0 Å². The summed E-state index contributed by atoms with van der Waals surface area (Å²) >= 11 is 0. The lowest BCUT2D eigenvalue weighted by Gasteiger charge is -2.37. The molecule has 0 saturated carbocycles. The minimum absolute atomic E-state index is 0.378. The van der Waals surface area contributed by atoms with Crippen molar-refractivity contribution < 1.29 is 0 Å². The van der Waals surface area contributed by atoms with Crippen molar-refractivity contribution in [2.24, 2.45) is 11.3 Å². The second-order valence-electron chi connectivity index (χ2n) is 5.79. The van der Waals surface area contributed by atoms with Gasteiger partial charge >= 0.3 is 0 Å². The average Bonchev–Trinajstić information content (AvgIpc) is 2.72. The van der Waals surface area contributed by atoms with Crippen LogP contribution in [0.4, 0.5) is 0 Å². The van der Waals surface area contributed by atoms with E-state index in [2.05, 4.69) is 44.2 Å². The van der Waals surface area contributed by atoms with Gasteiger partial charge in [-0.15, -0.1) is 0 Å². The highest BCUT2D eigenvalue weighted by molar-refractivity contribution is 5.28. The fourth-order valence-corrected chi connectivity index (χ4v) is 3.45. The fraction of sp³-hybridized carbons (Fsp3) is 0.647. The van der Waals surface area contributed by atoms with Gasteiger partial charge in [0.05, 0.1) is 0 Å². The Bertz CT molecular complexity index is 320. The van der Waals surface area contributed by atoms with Crippen LogP contribution in [-0.4, -0.2) is 0 Å². The SMILES string of the molecule is CCCC(C)(C1=CCCCCC1)C1C=CC=C1. The van der Waals surface area contributed by atoms with Crippen LogP contribution in [0.15, 0.2) is 36.0 Å². The lowest BCUT2D eigenvalue weighted by molar-refractivity contribution is 0.293. The first-order chi connectivity index (χ1) is 8.27. The third-order valence-electron chi connectivity index (χ3n) is 4.53. The van der Waals surface area contributed by atoms with Gasteiger partial charge in [-0.05, 0) is 37.5 Å². The maximum absolute atomic E-state index is 2.56. The van der Waals surface area contributed by atoms with Crippen molar-refractivity contribution in [2.45, 2.75) is 58.8 Å². The predicted octanol–water partition coefficient (Wildman–Crippen LogP) is 5.43. The van der Waals surface area contributed by atoms with Gasteiger partial charge in [-0.1, -0.05) is 62.6 Å². The quantitative estimate of drug-likeness (QED) is 0.565. The van der Waals surface area contributed by atoms with E-state index in [9.17, 15) is 0 Å². The van der Waals surface area contributed by atoms with Crippen LogP contribution >= 0.6 is 0 Å². The van der Waals surface area contributed by atoms with Gasteiger partial charge in [-0.25, -0.2) is 0 Å². The van der Waals surface area contributed by atoms with Gasteiger partial charge in [-0.2, -0.15) is 0 Å². The Balaban J connectivity index is 2.22. The molecular weight excluding hydrogens is 204 g/mol. The molecule has 2 rings (SSSR count). The van der Waals surface area contributed by atoms with Gasteiger partial charge in [-0.3, -0.25) is 0 Å². The summed E-state index contributed by atoms with van der Waals surface area (Å²) in [6.07, 6.45) is 21.2. The lowest BCUT2D eigenvalue weighted by atomic mass is 9.67. The Morgan fingerprint density at radius 2 is 1.94 bits per heavy atom. The van der Waals surface area contributed by atoms with Crippen LogP contribution in [0.5, 0.6) is 0 Å². The molecule has 0 amide bonds. The molecule has 2 aliphatic carbocycles. The molecule has 0 aliphatic heterocycles. The summed E-state index contributed by atoms with van der Waals surface area (Å²) in [5.41, 5.74) is 2.11. The Morgan fingerprint density at radius 3 is 2.65 bits per heavy atom. The van der Waals surface area contributed by atoms with E-state index in [1.807, 2.05) is 0 Å². The van der Waals surface area contributed by atoms with E-state index in [1.54, 1.807) is 5.57 Å². The minimum atomic E-state index is 0.378. The molecular formula is C17H26. The molecule has 94 valence electrons. The molecule has 1 unspecified atom stereocenters. The summed E-state index contributed by atoms with van der Waals surface area (Å²) in [6, 6.07) is 0. The van der Waals surface area contributed by atoms with E-state index in [0.29, 0.717) is 11.3 Å². The molecule has 0 fully saturated rings. The van der Waals surface area contributed by atoms with Crippen molar-refractivity contribution in [1.82, 2.24) is 0 Å². The van der Waals surface area contributed by atoms with Crippen molar-refractivity contribution in [3.05, 3.63) is 36.0 Å². The molecule has 0 aromatic heterocycles. The van der Waals surface area contributed by atoms with Gasteiger partial charge in [0.1, 0.15) is 0 Å². The zero-order valence-electron chi connectivity index (χ0n) is 11.4. The summed E-state index contributed by atoms with van der Waals surface area (Å²) in [7, 11) is 0. The average molecular weight is 230 g/mol. The molecule has 1 atom stereocenters. The van der Waals surface area contributed by atoms with Crippen molar-refractivity contribution in [3.63, 3.8) is 0 Å². The monoisotopic (exact) mass is 230 g/mol. The van der Waals surface area contributed by atoms with Crippen molar-refractivity contribution in [1.29, 1.82) is 0 Å². The third kappa shape index (κ3) is 2.73. The van der Waals surface area contributed by atoms with E-state index in [1.165, 1.54) is 44.9 Å². The summed E-state index contributed by atoms with van der Waals surface area (Å²) in [5.74, 6) is 0.631. The lowest BCUT2D eigenvalue weighted by Crippen LogP contribution is -2.26.